The Morgan fingerprint density at radius 1 is 0.833 bits per heavy atom. The SMILES string of the molecule is COc1ccc(NC(=O)c2ccc(NC(=O)Cc3ccc(OCc4c(C)noc4C)cc3)cc2)cc1. The van der Waals surface area contributed by atoms with E-state index < -0.39 is 0 Å². The van der Waals surface area contributed by atoms with Gasteiger partial charge in [-0.15, -0.1) is 0 Å². The summed E-state index contributed by atoms with van der Waals surface area (Å²) in [6.45, 7) is 4.10. The number of methoxy groups -OCH3 is 1. The van der Waals surface area contributed by atoms with E-state index in [1.165, 1.54) is 0 Å². The molecule has 2 amide bonds. The van der Waals surface area contributed by atoms with Crippen molar-refractivity contribution in [3.8, 4) is 11.5 Å². The quantitative estimate of drug-likeness (QED) is 0.333. The van der Waals surface area contributed by atoms with Gasteiger partial charge < -0.3 is 24.6 Å². The van der Waals surface area contributed by atoms with Crippen molar-refractivity contribution in [2.45, 2.75) is 26.9 Å². The number of anilines is 2. The fourth-order valence-corrected chi connectivity index (χ4v) is 3.54. The molecule has 2 N–H and O–H groups in total. The van der Waals surface area contributed by atoms with E-state index in [2.05, 4.69) is 15.8 Å². The van der Waals surface area contributed by atoms with Crippen molar-refractivity contribution in [3.63, 3.8) is 0 Å². The molecule has 0 unspecified atom stereocenters. The van der Waals surface area contributed by atoms with Gasteiger partial charge in [0, 0.05) is 16.9 Å². The lowest BCUT2D eigenvalue weighted by molar-refractivity contribution is -0.115. The average Bonchev–Trinajstić information content (AvgIpc) is 3.21. The molecule has 36 heavy (non-hydrogen) atoms. The van der Waals surface area contributed by atoms with E-state index >= 15 is 0 Å². The second-order valence-electron chi connectivity index (χ2n) is 8.22. The van der Waals surface area contributed by atoms with E-state index in [-0.39, 0.29) is 18.2 Å². The molecular weight excluding hydrogens is 458 g/mol. The third-order valence-electron chi connectivity index (χ3n) is 5.63. The fourth-order valence-electron chi connectivity index (χ4n) is 3.54. The number of carbonyl (C=O) groups excluding carboxylic acids is 2. The van der Waals surface area contributed by atoms with Crippen molar-refractivity contribution in [1.29, 1.82) is 0 Å². The highest BCUT2D eigenvalue weighted by atomic mass is 16.5. The number of nitrogens with one attached hydrogen (secondary N) is 2. The Kier molecular flexibility index (Phi) is 7.65. The zero-order valence-electron chi connectivity index (χ0n) is 20.3. The number of benzene rings is 3. The molecule has 0 bridgehead atoms. The van der Waals surface area contributed by atoms with Crippen LogP contribution in [-0.4, -0.2) is 24.1 Å². The molecule has 0 spiro atoms. The average molecular weight is 486 g/mol. The number of amides is 2. The molecule has 1 heterocycles. The largest absolute Gasteiger partial charge is 0.497 e. The summed E-state index contributed by atoms with van der Waals surface area (Å²) in [5.41, 5.74) is 4.36. The van der Waals surface area contributed by atoms with Gasteiger partial charge in [-0.2, -0.15) is 0 Å². The van der Waals surface area contributed by atoms with E-state index in [0.717, 1.165) is 22.6 Å². The maximum absolute atomic E-state index is 12.5. The van der Waals surface area contributed by atoms with E-state index in [1.807, 2.05) is 38.1 Å². The molecule has 0 fully saturated rings. The molecule has 0 atom stereocenters. The van der Waals surface area contributed by atoms with Crippen molar-refractivity contribution < 1.29 is 23.6 Å². The lowest BCUT2D eigenvalue weighted by Crippen LogP contribution is -2.15. The first-order chi connectivity index (χ1) is 17.4. The first kappa shape index (κ1) is 24.5. The Morgan fingerprint density at radius 3 is 2.06 bits per heavy atom. The van der Waals surface area contributed by atoms with Crippen molar-refractivity contribution >= 4 is 23.2 Å². The molecule has 3 aromatic carbocycles. The molecular formula is C28H27N3O5. The van der Waals surface area contributed by atoms with E-state index in [0.29, 0.717) is 35.0 Å². The molecule has 8 nitrogen and oxygen atoms in total. The molecule has 1 aromatic heterocycles. The predicted molar refractivity (Wildman–Crippen MR) is 136 cm³/mol. The van der Waals surface area contributed by atoms with Gasteiger partial charge in [0.1, 0.15) is 23.9 Å². The second-order valence-corrected chi connectivity index (χ2v) is 8.22. The van der Waals surface area contributed by atoms with Crippen LogP contribution in [0.2, 0.25) is 0 Å². The number of carbonyl (C=O) groups is 2. The van der Waals surface area contributed by atoms with Crippen LogP contribution in [0.25, 0.3) is 0 Å². The Morgan fingerprint density at radius 2 is 1.44 bits per heavy atom. The second kappa shape index (κ2) is 11.2. The Labute approximate surface area is 209 Å². The fraction of sp³-hybridized carbons (Fsp3) is 0.179. The minimum atomic E-state index is -0.241. The zero-order chi connectivity index (χ0) is 25.5. The van der Waals surface area contributed by atoms with Gasteiger partial charge in [-0.3, -0.25) is 9.59 Å². The van der Waals surface area contributed by atoms with Crippen LogP contribution in [-0.2, 0) is 17.8 Å². The summed E-state index contributed by atoms with van der Waals surface area (Å²) in [7, 11) is 1.59. The minimum Gasteiger partial charge on any atom is -0.497 e. The van der Waals surface area contributed by atoms with Gasteiger partial charge in [0.15, 0.2) is 0 Å². The van der Waals surface area contributed by atoms with Gasteiger partial charge in [-0.25, -0.2) is 0 Å². The summed E-state index contributed by atoms with van der Waals surface area (Å²) in [5.74, 6) is 1.75. The molecule has 0 saturated carbocycles. The van der Waals surface area contributed by atoms with Crippen molar-refractivity contribution in [2.24, 2.45) is 0 Å². The number of aryl methyl sites for hydroxylation is 2. The third-order valence-corrected chi connectivity index (χ3v) is 5.63. The smallest absolute Gasteiger partial charge is 0.255 e. The standard InChI is InChI=1S/C28H27N3O5/c1-18-26(19(2)36-31-18)17-35-25-12-4-20(5-13-25)16-27(32)29-22-8-6-21(7-9-22)28(33)30-23-10-14-24(34-3)15-11-23/h4-15H,16-17H2,1-3H3,(H,29,32)(H,30,33). The summed E-state index contributed by atoms with van der Waals surface area (Å²) in [6.07, 6.45) is 0.212. The number of ether oxygens (including phenoxy) is 2. The van der Waals surface area contributed by atoms with E-state index in [1.54, 1.807) is 55.6 Å². The van der Waals surface area contributed by atoms with Crippen molar-refractivity contribution in [1.82, 2.24) is 5.16 Å². The highest BCUT2D eigenvalue weighted by molar-refractivity contribution is 6.04. The van der Waals surface area contributed by atoms with Crippen LogP contribution in [0.1, 0.15) is 32.9 Å². The summed E-state index contributed by atoms with van der Waals surface area (Å²) >= 11 is 0. The molecule has 0 radical (unpaired) electrons. The molecule has 0 aliphatic carbocycles. The molecule has 184 valence electrons. The molecule has 0 aliphatic rings. The number of nitrogens with zero attached hydrogens (tertiary/aromatic N) is 1. The normalized spacial score (nSPS) is 10.5. The van der Waals surface area contributed by atoms with Gasteiger partial charge >= 0.3 is 0 Å². The molecule has 8 heteroatoms. The topological polar surface area (TPSA) is 103 Å². The van der Waals surface area contributed by atoms with E-state index in [9.17, 15) is 9.59 Å². The molecule has 0 aliphatic heterocycles. The van der Waals surface area contributed by atoms with Gasteiger partial charge in [-0.05, 0) is 80.1 Å². The highest BCUT2D eigenvalue weighted by Crippen LogP contribution is 2.19. The van der Waals surface area contributed by atoms with Crippen LogP contribution in [0.15, 0.2) is 77.3 Å². The van der Waals surface area contributed by atoms with Crippen LogP contribution >= 0.6 is 0 Å². The van der Waals surface area contributed by atoms with Gasteiger partial charge in [0.05, 0.1) is 24.8 Å². The predicted octanol–water partition coefficient (Wildman–Crippen LogP) is 5.31. The van der Waals surface area contributed by atoms with Gasteiger partial charge in [0.25, 0.3) is 5.91 Å². The first-order valence-corrected chi connectivity index (χ1v) is 11.4. The highest BCUT2D eigenvalue weighted by Gasteiger charge is 2.11. The van der Waals surface area contributed by atoms with Gasteiger partial charge in [0.2, 0.25) is 5.91 Å². The summed E-state index contributed by atoms with van der Waals surface area (Å²) < 4.78 is 16.1. The molecule has 4 rings (SSSR count). The van der Waals surface area contributed by atoms with Crippen molar-refractivity contribution in [3.05, 3.63) is 101 Å². The maximum atomic E-state index is 12.5. The van der Waals surface area contributed by atoms with Crippen LogP contribution in [0.3, 0.4) is 0 Å². The number of aromatic nitrogens is 1. The Bertz CT molecular complexity index is 1310. The lowest BCUT2D eigenvalue weighted by Gasteiger charge is -2.09. The van der Waals surface area contributed by atoms with Crippen LogP contribution in [0.4, 0.5) is 11.4 Å². The Balaban J connectivity index is 1.26. The summed E-state index contributed by atoms with van der Waals surface area (Å²) in [4.78, 5) is 25.0. The first-order valence-electron chi connectivity index (χ1n) is 11.4. The third kappa shape index (κ3) is 6.29. The van der Waals surface area contributed by atoms with Gasteiger partial charge in [-0.1, -0.05) is 17.3 Å². The molecule has 4 aromatic rings. The minimum absolute atomic E-state index is 0.158. The van der Waals surface area contributed by atoms with E-state index in [4.69, 9.17) is 14.0 Å². The monoisotopic (exact) mass is 485 g/mol. The summed E-state index contributed by atoms with van der Waals surface area (Å²) in [6, 6.07) is 21.2. The number of hydrogen-bond donors (Lipinski definition) is 2. The van der Waals surface area contributed by atoms with Crippen molar-refractivity contribution in [2.75, 3.05) is 17.7 Å². The molecule has 0 saturated heterocycles. The van der Waals surface area contributed by atoms with Crippen LogP contribution < -0.4 is 20.1 Å². The Hall–Kier alpha value is -4.59. The number of rotatable bonds is 9. The number of hydrogen-bond acceptors (Lipinski definition) is 6. The lowest BCUT2D eigenvalue weighted by atomic mass is 10.1. The van der Waals surface area contributed by atoms with Crippen LogP contribution in [0, 0.1) is 13.8 Å². The summed E-state index contributed by atoms with van der Waals surface area (Å²) in [5, 5.41) is 9.61. The maximum Gasteiger partial charge on any atom is 0.255 e. The zero-order valence-corrected chi connectivity index (χ0v) is 20.3. The van der Waals surface area contributed by atoms with Crippen LogP contribution in [0.5, 0.6) is 11.5 Å².